The maximum atomic E-state index is 13.2. The molecule has 0 bridgehead atoms. The van der Waals surface area contributed by atoms with E-state index >= 15 is 0 Å². The van der Waals surface area contributed by atoms with Crippen LogP contribution in [0, 0.1) is 5.82 Å². The molecule has 0 unspecified atom stereocenters. The van der Waals surface area contributed by atoms with Crippen LogP contribution in [-0.2, 0) is 0 Å². The van der Waals surface area contributed by atoms with Crippen LogP contribution in [0.2, 0.25) is 0 Å². The smallest absolute Gasteiger partial charge is 0.260 e. The van der Waals surface area contributed by atoms with Crippen molar-refractivity contribution in [3.05, 3.63) is 71.1 Å². The number of hydrogen-bond donors (Lipinski definition) is 2. The molecule has 3 heterocycles. The zero-order valence-corrected chi connectivity index (χ0v) is 16.1. The van der Waals surface area contributed by atoms with Gasteiger partial charge in [-0.1, -0.05) is 19.9 Å². The Kier molecular flexibility index (Phi) is 4.79. The number of H-pyrrole nitrogens is 1. The summed E-state index contributed by atoms with van der Waals surface area (Å²) in [7, 11) is 0. The second kappa shape index (κ2) is 7.40. The Morgan fingerprint density at radius 3 is 2.71 bits per heavy atom. The number of thiophene rings is 1. The third kappa shape index (κ3) is 3.46. The van der Waals surface area contributed by atoms with Crippen LogP contribution in [-0.4, -0.2) is 25.9 Å². The highest BCUT2D eigenvalue weighted by atomic mass is 32.1. The summed E-state index contributed by atoms with van der Waals surface area (Å²) in [6, 6.07) is 11.7. The average molecular weight is 395 g/mol. The molecule has 4 aromatic rings. The number of nitrogens with zero attached hydrogens (tertiary/aromatic N) is 3. The fourth-order valence-electron chi connectivity index (χ4n) is 3.00. The predicted molar refractivity (Wildman–Crippen MR) is 107 cm³/mol. The van der Waals surface area contributed by atoms with Crippen molar-refractivity contribution in [2.24, 2.45) is 0 Å². The molecule has 2 N–H and O–H groups in total. The lowest BCUT2D eigenvalue weighted by molar-refractivity contribution is 0.102. The number of hydrogen-bond acceptors (Lipinski definition) is 4. The van der Waals surface area contributed by atoms with E-state index in [0.29, 0.717) is 17.1 Å². The van der Waals surface area contributed by atoms with E-state index in [4.69, 9.17) is 0 Å². The van der Waals surface area contributed by atoms with Gasteiger partial charge in [0.2, 0.25) is 0 Å². The summed E-state index contributed by atoms with van der Waals surface area (Å²) in [4.78, 5) is 13.9. The Morgan fingerprint density at radius 2 is 2.04 bits per heavy atom. The fourth-order valence-corrected chi connectivity index (χ4v) is 3.70. The van der Waals surface area contributed by atoms with Crippen LogP contribution in [0.15, 0.2) is 54.0 Å². The summed E-state index contributed by atoms with van der Waals surface area (Å²) in [6.07, 6.45) is 1.53. The first-order valence-electron chi connectivity index (χ1n) is 8.77. The number of rotatable bonds is 5. The van der Waals surface area contributed by atoms with Gasteiger partial charge in [-0.3, -0.25) is 9.89 Å². The van der Waals surface area contributed by atoms with Gasteiger partial charge in [0, 0.05) is 6.07 Å². The first-order valence-corrected chi connectivity index (χ1v) is 9.65. The zero-order chi connectivity index (χ0) is 19.7. The normalized spacial score (nSPS) is 11.1. The molecule has 0 saturated carbocycles. The van der Waals surface area contributed by atoms with Gasteiger partial charge in [0.05, 0.1) is 33.7 Å². The number of aromatic amines is 1. The van der Waals surface area contributed by atoms with Crippen LogP contribution in [0.25, 0.3) is 16.3 Å². The van der Waals surface area contributed by atoms with Gasteiger partial charge in [0.15, 0.2) is 5.82 Å². The summed E-state index contributed by atoms with van der Waals surface area (Å²) < 4.78 is 14.9. The van der Waals surface area contributed by atoms with Crippen molar-refractivity contribution in [3.8, 4) is 16.3 Å². The van der Waals surface area contributed by atoms with E-state index in [9.17, 15) is 9.18 Å². The molecule has 4 rings (SSSR count). The lowest BCUT2D eigenvalue weighted by Crippen LogP contribution is -2.15. The van der Waals surface area contributed by atoms with Crippen LogP contribution in [0.3, 0.4) is 0 Å². The summed E-state index contributed by atoms with van der Waals surface area (Å²) in [5.41, 5.74) is 2.75. The molecule has 0 atom stereocenters. The average Bonchev–Trinajstić information content (AvgIpc) is 3.42. The summed E-state index contributed by atoms with van der Waals surface area (Å²) in [6.45, 7) is 3.97. The number of amides is 1. The van der Waals surface area contributed by atoms with Crippen LogP contribution in [0.1, 0.15) is 35.8 Å². The third-order valence-corrected chi connectivity index (χ3v) is 5.18. The van der Waals surface area contributed by atoms with Crippen LogP contribution >= 0.6 is 11.3 Å². The molecule has 28 heavy (non-hydrogen) atoms. The first kappa shape index (κ1) is 18.1. The molecule has 0 spiro atoms. The highest BCUT2D eigenvalue weighted by Crippen LogP contribution is 2.26. The van der Waals surface area contributed by atoms with Gasteiger partial charge in [-0.05, 0) is 41.6 Å². The standard InChI is InChI=1S/C20H18FN5OS/c1-12(2)19-15(11-22-26(19)14-7-5-13(21)6-8-14)20(27)23-18-10-16(24-25-18)17-4-3-9-28-17/h3-12H,1-2H3,(H2,23,24,25,27). The summed E-state index contributed by atoms with van der Waals surface area (Å²) in [5, 5.41) is 16.2. The van der Waals surface area contributed by atoms with Crippen molar-refractivity contribution in [1.82, 2.24) is 20.0 Å². The van der Waals surface area contributed by atoms with Crippen molar-refractivity contribution in [2.75, 3.05) is 5.32 Å². The zero-order valence-electron chi connectivity index (χ0n) is 15.3. The van der Waals surface area contributed by atoms with Crippen LogP contribution in [0.5, 0.6) is 0 Å². The van der Waals surface area contributed by atoms with E-state index in [2.05, 4.69) is 20.6 Å². The number of nitrogens with one attached hydrogen (secondary N) is 2. The van der Waals surface area contributed by atoms with Crippen molar-refractivity contribution < 1.29 is 9.18 Å². The highest BCUT2D eigenvalue weighted by Gasteiger charge is 2.21. The molecule has 1 aromatic carbocycles. The second-order valence-electron chi connectivity index (χ2n) is 6.58. The molecule has 142 valence electrons. The van der Waals surface area contributed by atoms with Gasteiger partial charge in [0.25, 0.3) is 5.91 Å². The van der Waals surface area contributed by atoms with E-state index < -0.39 is 0 Å². The van der Waals surface area contributed by atoms with Crippen molar-refractivity contribution >= 4 is 23.1 Å². The van der Waals surface area contributed by atoms with Crippen LogP contribution < -0.4 is 5.32 Å². The first-order chi connectivity index (χ1) is 13.5. The minimum absolute atomic E-state index is 0.0363. The van der Waals surface area contributed by atoms with Gasteiger partial charge in [-0.25, -0.2) is 9.07 Å². The number of anilines is 1. The number of carbonyl (C=O) groups excluding carboxylic acids is 1. The second-order valence-corrected chi connectivity index (χ2v) is 7.53. The maximum absolute atomic E-state index is 13.2. The molecular weight excluding hydrogens is 377 g/mol. The van der Waals surface area contributed by atoms with Crippen molar-refractivity contribution in [3.63, 3.8) is 0 Å². The minimum Gasteiger partial charge on any atom is -0.305 e. The Bertz CT molecular complexity index is 1100. The minimum atomic E-state index is -0.319. The van der Waals surface area contributed by atoms with E-state index in [1.807, 2.05) is 31.4 Å². The van der Waals surface area contributed by atoms with Crippen molar-refractivity contribution in [2.45, 2.75) is 19.8 Å². The van der Waals surface area contributed by atoms with E-state index in [1.165, 1.54) is 18.3 Å². The van der Waals surface area contributed by atoms with Crippen molar-refractivity contribution in [1.29, 1.82) is 0 Å². The maximum Gasteiger partial charge on any atom is 0.260 e. The number of aromatic nitrogens is 4. The SMILES string of the molecule is CC(C)c1c(C(=O)Nc2cc(-c3cccs3)[nH]n2)cnn1-c1ccc(F)cc1. The molecular formula is C20H18FN5OS. The molecule has 0 aliphatic carbocycles. The molecule has 1 amide bonds. The van der Waals surface area contributed by atoms with Gasteiger partial charge in [0.1, 0.15) is 5.82 Å². The number of carbonyl (C=O) groups is 1. The number of halogens is 1. The third-order valence-electron chi connectivity index (χ3n) is 4.28. The monoisotopic (exact) mass is 395 g/mol. The van der Waals surface area contributed by atoms with Crippen LogP contribution in [0.4, 0.5) is 10.2 Å². The Labute approximate surface area is 165 Å². The molecule has 3 aromatic heterocycles. The largest absolute Gasteiger partial charge is 0.305 e. The fraction of sp³-hybridized carbons (Fsp3) is 0.150. The quantitative estimate of drug-likeness (QED) is 0.508. The van der Waals surface area contributed by atoms with E-state index in [0.717, 1.165) is 16.3 Å². The Balaban J connectivity index is 1.62. The van der Waals surface area contributed by atoms with Gasteiger partial charge in [-0.2, -0.15) is 10.2 Å². The topological polar surface area (TPSA) is 75.6 Å². The molecule has 0 fully saturated rings. The summed E-state index contributed by atoms with van der Waals surface area (Å²) in [5.74, 6) is -0.131. The van der Waals surface area contributed by atoms with E-state index in [-0.39, 0.29) is 17.6 Å². The molecule has 6 nitrogen and oxygen atoms in total. The highest BCUT2D eigenvalue weighted by molar-refractivity contribution is 7.13. The predicted octanol–water partition coefficient (Wildman–Crippen LogP) is 4.84. The molecule has 0 radical (unpaired) electrons. The molecule has 0 aliphatic heterocycles. The molecule has 8 heteroatoms. The summed E-state index contributed by atoms with van der Waals surface area (Å²) >= 11 is 1.59. The lowest BCUT2D eigenvalue weighted by Gasteiger charge is -2.12. The van der Waals surface area contributed by atoms with E-state index in [1.54, 1.807) is 34.2 Å². The Morgan fingerprint density at radius 1 is 1.25 bits per heavy atom. The number of benzene rings is 1. The van der Waals surface area contributed by atoms with Gasteiger partial charge in [-0.15, -0.1) is 11.3 Å². The lowest BCUT2D eigenvalue weighted by atomic mass is 10.1. The molecule has 0 aliphatic rings. The Hall–Kier alpha value is -3.26. The molecule has 0 saturated heterocycles. The van der Waals surface area contributed by atoms with Gasteiger partial charge < -0.3 is 5.32 Å². The van der Waals surface area contributed by atoms with Gasteiger partial charge >= 0.3 is 0 Å².